The third-order valence-electron chi connectivity index (χ3n) is 2.08. The van der Waals surface area contributed by atoms with E-state index in [1.54, 1.807) is 5.32 Å². The van der Waals surface area contributed by atoms with E-state index in [0.29, 0.717) is 6.07 Å². The van der Waals surface area contributed by atoms with Gasteiger partial charge in [-0.2, -0.15) is 13.2 Å². The fraction of sp³-hybridized carbons (Fsp3) is 0.222. The van der Waals surface area contributed by atoms with Crippen LogP contribution in [0.2, 0.25) is 0 Å². The van der Waals surface area contributed by atoms with Crippen molar-refractivity contribution < 1.29 is 31.3 Å². The highest BCUT2D eigenvalue weighted by Gasteiger charge is 2.32. The second-order valence-electron chi connectivity index (χ2n) is 3.71. The predicted molar refractivity (Wildman–Crippen MR) is 65.4 cm³/mol. The second kappa shape index (κ2) is 5.85. The van der Waals surface area contributed by atoms with Gasteiger partial charge in [-0.3, -0.25) is 14.9 Å². The molecule has 1 aromatic rings. The Kier molecular flexibility index (Phi) is 4.79. The number of benzene rings is 1. The molecule has 0 aliphatic heterocycles. The first-order valence-electron chi connectivity index (χ1n) is 5.00. The minimum absolute atomic E-state index is 0.533. The van der Waals surface area contributed by atoms with Gasteiger partial charge >= 0.3 is 6.18 Å². The number of alkyl halides is 3. The Morgan fingerprint density at radius 1 is 1.38 bits per heavy atom. The summed E-state index contributed by atoms with van der Waals surface area (Å²) in [5, 5.41) is 12.5. The molecular formula is C9H6ClF3N2O5S. The number of rotatable bonds is 4. The van der Waals surface area contributed by atoms with Crippen molar-refractivity contribution in [1.29, 1.82) is 0 Å². The molecular weight excluding hydrogens is 341 g/mol. The number of amides is 1. The molecule has 0 fully saturated rings. The van der Waals surface area contributed by atoms with E-state index >= 15 is 0 Å². The number of halogens is 4. The van der Waals surface area contributed by atoms with Crippen LogP contribution in [0.15, 0.2) is 23.1 Å². The van der Waals surface area contributed by atoms with Gasteiger partial charge in [0.25, 0.3) is 14.7 Å². The highest BCUT2D eigenvalue weighted by atomic mass is 35.7. The molecule has 0 spiro atoms. The lowest BCUT2D eigenvalue weighted by molar-refractivity contribution is -0.384. The van der Waals surface area contributed by atoms with Crippen molar-refractivity contribution in [3.05, 3.63) is 28.3 Å². The topological polar surface area (TPSA) is 106 Å². The third kappa shape index (κ3) is 5.19. The molecule has 0 radical (unpaired) electrons. The van der Waals surface area contributed by atoms with E-state index < -0.39 is 48.7 Å². The molecule has 1 aromatic carbocycles. The molecule has 0 atom stereocenters. The summed E-state index contributed by atoms with van der Waals surface area (Å²) in [5.74, 6) is -1.52. The largest absolute Gasteiger partial charge is 0.397 e. The van der Waals surface area contributed by atoms with Crippen LogP contribution in [0.5, 0.6) is 0 Å². The molecule has 0 unspecified atom stereocenters. The van der Waals surface area contributed by atoms with Gasteiger partial charge in [-0.25, -0.2) is 8.42 Å². The molecule has 1 rings (SSSR count). The summed E-state index contributed by atoms with van der Waals surface area (Å²) in [6, 6.07) is 2.13. The smallest absolute Gasteiger partial charge is 0.320 e. The summed E-state index contributed by atoms with van der Waals surface area (Å²) in [6.45, 7) is 0. The fourth-order valence-electron chi connectivity index (χ4n) is 1.30. The maximum Gasteiger partial charge on any atom is 0.397 e. The minimum Gasteiger partial charge on any atom is -0.320 e. The van der Waals surface area contributed by atoms with E-state index in [-0.39, 0.29) is 0 Å². The van der Waals surface area contributed by atoms with Gasteiger partial charge in [0.2, 0.25) is 5.91 Å². The van der Waals surface area contributed by atoms with E-state index in [9.17, 15) is 36.5 Å². The Labute approximate surface area is 120 Å². The summed E-state index contributed by atoms with van der Waals surface area (Å²) < 4.78 is 58.1. The zero-order valence-corrected chi connectivity index (χ0v) is 11.4. The van der Waals surface area contributed by atoms with Crippen LogP contribution in [0.1, 0.15) is 6.42 Å². The van der Waals surface area contributed by atoms with E-state index in [0.717, 1.165) is 12.1 Å². The monoisotopic (exact) mass is 346 g/mol. The maximum absolute atomic E-state index is 12.0. The summed E-state index contributed by atoms with van der Waals surface area (Å²) in [7, 11) is 0.736. The minimum atomic E-state index is -4.78. The number of carbonyl (C=O) groups is 1. The van der Waals surface area contributed by atoms with Gasteiger partial charge in [-0.05, 0) is 12.1 Å². The number of hydrogen-bond acceptors (Lipinski definition) is 5. The SMILES string of the molecule is O=C(CC(F)(F)F)Nc1ccc(S(=O)(=O)Cl)cc1[N+](=O)[O-]. The van der Waals surface area contributed by atoms with Gasteiger partial charge in [0.15, 0.2) is 0 Å². The van der Waals surface area contributed by atoms with Crippen molar-refractivity contribution in [2.75, 3.05) is 5.32 Å². The molecule has 7 nitrogen and oxygen atoms in total. The van der Waals surface area contributed by atoms with Crippen LogP contribution >= 0.6 is 10.7 Å². The summed E-state index contributed by atoms with van der Waals surface area (Å²) in [5.41, 5.74) is -1.47. The van der Waals surface area contributed by atoms with Crippen LogP contribution in [0.25, 0.3) is 0 Å². The molecule has 0 bridgehead atoms. The summed E-state index contributed by atoms with van der Waals surface area (Å²) >= 11 is 0. The van der Waals surface area contributed by atoms with Crippen LogP contribution in [0.4, 0.5) is 24.5 Å². The number of nitrogens with zero attached hydrogens (tertiary/aromatic N) is 1. The van der Waals surface area contributed by atoms with Gasteiger partial charge in [-0.15, -0.1) is 0 Å². The van der Waals surface area contributed by atoms with Crippen molar-refractivity contribution in [1.82, 2.24) is 0 Å². The highest BCUT2D eigenvalue weighted by Crippen LogP contribution is 2.30. The first-order chi connectivity index (χ1) is 9.40. The van der Waals surface area contributed by atoms with Crippen LogP contribution in [-0.4, -0.2) is 25.4 Å². The summed E-state index contributed by atoms with van der Waals surface area (Å²) in [4.78, 5) is 20.2. The zero-order chi connectivity index (χ0) is 16.4. The van der Waals surface area contributed by atoms with Crippen LogP contribution < -0.4 is 5.32 Å². The standard InChI is InChI=1S/C9H6ClF3N2O5S/c10-21(19,20)5-1-2-6(7(3-5)15(17)18)14-8(16)4-9(11,12)13/h1-3H,4H2,(H,14,16). The third-order valence-corrected chi connectivity index (χ3v) is 3.43. The molecule has 0 aliphatic carbocycles. The molecule has 0 saturated heterocycles. The Bertz CT molecular complexity index is 689. The summed E-state index contributed by atoms with van der Waals surface area (Å²) in [6.07, 6.45) is -6.61. The molecule has 0 aromatic heterocycles. The molecule has 1 N–H and O–H groups in total. The lowest BCUT2D eigenvalue weighted by atomic mass is 10.2. The Balaban J connectivity index is 3.14. The van der Waals surface area contributed by atoms with Crippen molar-refractivity contribution in [3.63, 3.8) is 0 Å². The zero-order valence-electron chi connectivity index (χ0n) is 9.85. The van der Waals surface area contributed by atoms with Gasteiger partial charge in [0, 0.05) is 16.7 Å². The van der Waals surface area contributed by atoms with E-state index in [4.69, 9.17) is 10.7 Å². The van der Waals surface area contributed by atoms with Crippen molar-refractivity contribution in [3.8, 4) is 0 Å². The molecule has 21 heavy (non-hydrogen) atoms. The molecule has 116 valence electrons. The van der Waals surface area contributed by atoms with Gasteiger partial charge in [0.1, 0.15) is 12.1 Å². The first-order valence-corrected chi connectivity index (χ1v) is 7.31. The number of anilines is 1. The first kappa shape index (κ1) is 17.2. The average molecular weight is 347 g/mol. The lowest BCUT2D eigenvalue weighted by Gasteiger charge is -2.08. The molecule has 0 heterocycles. The number of hydrogen-bond donors (Lipinski definition) is 1. The highest BCUT2D eigenvalue weighted by molar-refractivity contribution is 8.13. The van der Waals surface area contributed by atoms with E-state index in [1.807, 2.05) is 0 Å². The van der Waals surface area contributed by atoms with Crippen molar-refractivity contribution in [2.24, 2.45) is 0 Å². The van der Waals surface area contributed by atoms with Crippen LogP contribution in [-0.2, 0) is 13.8 Å². The number of nitro benzene ring substituents is 1. The Morgan fingerprint density at radius 3 is 2.38 bits per heavy atom. The molecule has 12 heteroatoms. The van der Waals surface area contributed by atoms with Gasteiger partial charge in [-0.1, -0.05) is 0 Å². The van der Waals surface area contributed by atoms with Crippen molar-refractivity contribution in [2.45, 2.75) is 17.5 Å². The molecule has 0 aliphatic rings. The van der Waals surface area contributed by atoms with Gasteiger partial charge in [0.05, 0.1) is 9.82 Å². The predicted octanol–water partition coefficient (Wildman–Crippen LogP) is 2.41. The van der Waals surface area contributed by atoms with E-state index in [2.05, 4.69) is 0 Å². The van der Waals surface area contributed by atoms with E-state index in [1.165, 1.54) is 0 Å². The number of nitro groups is 1. The maximum atomic E-state index is 12.0. The molecule has 0 saturated carbocycles. The second-order valence-corrected chi connectivity index (χ2v) is 6.28. The Morgan fingerprint density at radius 2 is 1.95 bits per heavy atom. The lowest BCUT2D eigenvalue weighted by Crippen LogP contribution is -2.21. The Hall–Kier alpha value is -1.88. The quantitative estimate of drug-likeness (QED) is 0.512. The fourth-order valence-corrected chi connectivity index (χ4v) is 2.07. The van der Waals surface area contributed by atoms with Gasteiger partial charge < -0.3 is 5.32 Å². The molecule has 1 amide bonds. The number of nitrogens with one attached hydrogen (secondary N) is 1. The average Bonchev–Trinajstić information content (AvgIpc) is 2.24. The number of carbonyl (C=O) groups excluding carboxylic acids is 1. The normalized spacial score (nSPS) is 12.0. The van der Waals surface area contributed by atoms with Crippen LogP contribution in [0.3, 0.4) is 0 Å². The van der Waals surface area contributed by atoms with Crippen LogP contribution in [0, 0.1) is 10.1 Å². The van der Waals surface area contributed by atoms with Crippen molar-refractivity contribution >= 4 is 37.0 Å².